The Morgan fingerprint density at radius 2 is 2.00 bits per heavy atom. The Morgan fingerprint density at radius 1 is 1.35 bits per heavy atom. The minimum absolute atomic E-state index is 0.445. The number of phenols is 2. The zero-order chi connectivity index (χ0) is 13.0. The number of aromatic hydroxyl groups is 2. The predicted molar refractivity (Wildman–Crippen MR) is 63.3 cm³/mol. The van der Waals surface area contributed by atoms with Gasteiger partial charge >= 0.3 is 5.69 Å². The molecular weight excluding hydrogens is 224 g/mol. The predicted octanol–water partition coefficient (Wildman–Crippen LogP) is 1.50. The highest BCUT2D eigenvalue weighted by Crippen LogP contribution is 2.36. The van der Waals surface area contributed by atoms with Gasteiger partial charge in [0.15, 0.2) is 5.75 Å². The summed E-state index contributed by atoms with van der Waals surface area (Å²) in [6.07, 6.45) is 1.45. The monoisotopic (exact) mass is 240 g/mol. The van der Waals surface area contributed by atoms with Crippen molar-refractivity contribution in [2.75, 3.05) is 20.6 Å². The summed E-state index contributed by atoms with van der Waals surface area (Å²) in [4.78, 5) is 11.9. The fourth-order valence-electron chi connectivity index (χ4n) is 1.54. The number of nitro benzene ring substituents is 1. The van der Waals surface area contributed by atoms with Crippen LogP contribution in [0, 0.1) is 10.1 Å². The van der Waals surface area contributed by atoms with Crippen LogP contribution in [0.15, 0.2) is 12.1 Å². The van der Waals surface area contributed by atoms with E-state index in [0.29, 0.717) is 12.0 Å². The molecular formula is C11H16N2O4. The standard InChI is InChI=1S/C11H16N2O4/c1-12(2)5-3-4-8-6-9(13(16)17)11(15)10(14)7-8/h6-7,14-15H,3-5H2,1-2H3. The molecule has 0 atom stereocenters. The molecule has 94 valence electrons. The maximum Gasteiger partial charge on any atom is 0.314 e. The molecule has 6 heteroatoms. The van der Waals surface area contributed by atoms with Crippen LogP contribution in [0.5, 0.6) is 11.5 Å². The molecule has 1 rings (SSSR count). The van der Waals surface area contributed by atoms with Crippen molar-refractivity contribution < 1.29 is 15.1 Å². The first-order valence-corrected chi connectivity index (χ1v) is 5.25. The minimum Gasteiger partial charge on any atom is -0.504 e. The van der Waals surface area contributed by atoms with Gasteiger partial charge in [0, 0.05) is 6.07 Å². The first-order valence-electron chi connectivity index (χ1n) is 5.25. The topological polar surface area (TPSA) is 86.8 Å². The van der Waals surface area contributed by atoms with Crippen LogP contribution in [0.2, 0.25) is 0 Å². The molecule has 0 bridgehead atoms. The van der Waals surface area contributed by atoms with E-state index >= 15 is 0 Å². The lowest BCUT2D eigenvalue weighted by molar-refractivity contribution is -0.386. The van der Waals surface area contributed by atoms with Crippen LogP contribution in [0.1, 0.15) is 12.0 Å². The molecule has 0 aliphatic rings. The van der Waals surface area contributed by atoms with Crippen LogP contribution in [0.3, 0.4) is 0 Å². The van der Waals surface area contributed by atoms with Crippen molar-refractivity contribution in [3.63, 3.8) is 0 Å². The van der Waals surface area contributed by atoms with E-state index in [4.69, 9.17) is 0 Å². The third-order valence-electron chi connectivity index (χ3n) is 2.40. The van der Waals surface area contributed by atoms with Crippen molar-refractivity contribution in [1.82, 2.24) is 4.90 Å². The highest BCUT2D eigenvalue weighted by atomic mass is 16.6. The van der Waals surface area contributed by atoms with Crippen molar-refractivity contribution in [3.8, 4) is 11.5 Å². The summed E-state index contributed by atoms with van der Waals surface area (Å²) >= 11 is 0. The van der Waals surface area contributed by atoms with Crippen LogP contribution < -0.4 is 0 Å². The van der Waals surface area contributed by atoms with E-state index in [-0.39, 0.29) is 0 Å². The lowest BCUT2D eigenvalue weighted by Crippen LogP contribution is -2.13. The van der Waals surface area contributed by atoms with E-state index in [1.54, 1.807) is 0 Å². The summed E-state index contributed by atoms with van der Waals surface area (Å²) in [5.41, 5.74) is 0.193. The van der Waals surface area contributed by atoms with Crippen LogP contribution in [0.4, 0.5) is 5.69 Å². The minimum atomic E-state index is -0.704. The Hall–Kier alpha value is -1.82. The Bertz CT molecular complexity index is 418. The molecule has 0 radical (unpaired) electrons. The van der Waals surface area contributed by atoms with Crippen molar-refractivity contribution >= 4 is 5.69 Å². The SMILES string of the molecule is CN(C)CCCc1cc(O)c(O)c([N+](=O)[O-])c1. The second kappa shape index (κ2) is 5.49. The summed E-state index contributed by atoms with van der Waals surface area (Å²) in [7, 11) is 3.88. The molecule has 0 spiro atoms. The zero-order valence-electron chi connectivity index (χ0n) is 9.88. The van der Waals surface area contributed by atoms with Crippen molar-refractivity contribution in [1.29, 1.82) is 0 Å². The average molecular weight is 240 g/mol. The van der Waals surface area contributed by atoms with Crippen LogP contribution in [0.25, 0.3) is 0 Å². The van der Waals surface area contributed by atoms with Gasteiger partial charge in [-0.3, -0.25) is 10.1 Å². The second-order valence-corrected chi connectivity index (χ2v) is 4.15. The molecule has 1 aromatic carbocycles. The van der Waals surface area contributed by atoms with Gasteiger partial charge in [0.05, 0.1) is 4.92 Å². The van der Waals surface area contributed by atoms with Crippen LogP contribution in [-0.2, 0) is 6.42 Å². The quantitative estimate of drug-likeness (QED) is 0.462. The first-order chi connectivity index (χ1) is 7.91. The zero-order valence-corrected chi connectivity index (χ0v) is 9.88. The highest BCUT2D eigenvalue weighted by molar-refractivity contribution is 5.56. The third-order valence-corrected chi connectivity index (χ3v) is 2.40. The van der Waals surface area contributed by atoms with Gasteiger partial charge in [-0.1, -0.05) is 0 Å². The Balaban J connectivity index is 2.84. The van der Waals surface area contributed by atoms with Crippen molar-refractivity contribution in [2.45, 2.75) is 12.8 Å². The molecule has 17 heavy (non-hydrogen) atoms. The summed E-state index contributed by atoms with van der Waals surface area (Å²) < 4.78 is 0. The van der Waals surface area contributed by atoms with Gasteiger partial charge in [-0.2, -0.15) is 0 Å². The van der Waals surface area contributed by atoms with Gasteiger partial charge in [0.25, 0.3) is 0 Å². The maximum atomic E-state index is 10.6. The van der Waals surface area contributed by atoms with Gasteiger partial charge in [-0.25, -0.2) is 0 Å². The second-order valence-electron chi connectivity index (χ2n) is 4.15. The number of rotatable bonds is 5. The van der Waals surface area contributed by atoms with E-state index in [9.17, 15) is 20.3 Å². The lowest BCUT2D eigenvalue weighted by Gasteiger charge is -2.09. The first kappa shape index (κ1) is 13.2. The molecule has 0 aliphatic carbocycles. The summed E-state index contributed by atoms with van der Waals surface area (Å²) in [5.74, 6) is -1.12. The summed E-state index contributed by atoms with van der Waals surface area (Å²) in [5, 5.41) is 29.3. The fraction of sp³-hybridized carbons (Fsp3) is 0.455. The van der Waals surface area contributed by atoms with Crippen molar-refractivity contribution in [2.24, 2.45) is 0 Å². The highest BCUT2D eigenvalue weighted by Gasteiger charge is 2.18. The maximum absolute atomic E-state index is 10.6. The van der Waals surface area contributed by atoms with Gasteiger partial charge in [-0.05, 0) is 45.1 Å². The van der Waals surface area contributed by atoms with Gasteiger partial charge in [0.2, 0.25) is 5.75 Å². The molecule has 0 saturated heterocycles. The molecule has 2 N–H and O–H groups in total. The average Bonchev–Trinajstić information content (AvgIpc) is 2.22. The Kier molecular flexibility index (Phi) is 4.28. The van der Waals surface area contributed by atoms with Crippen LogP contribution >= 0.6 is 0 Å². The van der Waals surface area contributed by atoms with Gasteiger partial charge in [-0.15, -0.1) is 0 Å². The van der Waals surface area contributed by atoms with Crippen molar-refractivity contribution in [3.05, 3.63) is 27.8 Å². The fourth-order valence-corrected chi connectivity index (χ4v) is 1.54. The molecule has 6 nitrogen and oxygen atoms in total. The van der Waals surface area contributed by atoms with Gasteiger partial charge in [0.1, 0.15) is 0 Å². The normalized spacial score (nSPS) is 10.8. The molecule has 0 heterocycles. The number of hydrogen-bond acceptors (Lipinski definition) is 5. The number of benzene rings is 1. The summed E-state index contributed by atoms with van der Waals surface area (Å²) in [6, 6.07) is 2.66. The van der Waals surface area contributed by atoms with E-state index < -0.39 is 22.1 Å². The largest absolute Gasteiger partial charge is 0.504 e. The van der Waals surface area contributed by atoms with E-state index in [1.165, 1.54) is 12.1 Å². The number of nitro groups is 1. The Labute approximate surface area is 99.3 Å². The third kappa shape index (κ3) is 3.60. The molecule has 0 amide bonds. The molecule has 0 aliphatic heterocycles. The molecule has 0 saturated carbocycles. The number of phenolic OH excluding ortho intramolecular Hbond substituents is 2. The molecule has 0 unspecified atom stereocenters. The smallest absolute Gasteiger partial charge is 0.314 e. The van der Waals surface area contributed by atoms with Crippen LogP contribution in [-0.4, -0.2) is 40.7 Å². The van der Waals surface area contributed by atoms with E-state index in [1.807, 2.05) is 19.0 Å². The van der Waals surface area contributed by atoms with Gasteiger partial charge < -0.3 is 15.1 Å². The lowest BCUT2D eigenvalue weighted by atomic mass is 10.1. The number of hydrogen-bond donors (Lipinski definition) is 2. The summed E-state index contributed by atoms with van der Waals surface area (Å²) in [6.45, 7) is 0.857. The van der Waals surface area contributed by atoms with E-state index in [0.717, 1.165) is 13.0 Å². The molecule has 1 aromatic rings. The van der Waals surface area contributed by atoms with E-state index in [2.05, 4.69) is 0 Å². The molecule has 0 fully saturated rings. The number of aryl methyl sites for hydroxylation is 1. The Morgan fingerprint density at radius 3 is 2.53 bits per heavy atom. The number of nitrogens with zero attached hydrogens (tertiary/aromatic N) is 2. The molecule has 0 aromatic heterocycles.